The molecular formula is C12H13BN2O4. The average Bonchev–Trinajstić information content (AvgIpc) is 2.46. The summed E-state index contributed by atoms with van der Waals surface area (Å²) >= 11 is 0. The quantitative estimate of drug-likeness (QED) is 0.721. The number of methoxy groups -OCH3 is 1. The van der Waals surface area contributed by atoms with Gasteiger partial charge in [-0.3, -0.25) is 0 Å². The molecule has 0 bridgehead atoms. The first-order valence-corrected chi connectivity index (χ1v) is 5.63. The van der Waals surface area contributed by atoms with Gasteiger partial charge >= 0.3 is 13.1 Å². The van der Waals surface area contributed by atoms with Crippen molar-refractivity contribution in [3.05, 3.63) is 42.2 Å². The van der Waals surface area contributed by atoms with Crippen molar-refractivity contribution in [2.75, 3.05) is 7.11 Å². The predicted molar refractivity (Wildman–Crippen MR) is 69.2 cm³/mol. The Morgan fingerprint density at radius 3 is 2.26 bits per heavy atom. The van der Waals surface area contributed by atoms with Gasteiger partial charge in [0.25, 0.3) is 0 Å². The minimum absolute atomic E-state index is 0.181. The van der Waals surface area contributed by atoms with Gasteiger partial charge in [-0.2, -0.15) is 0 Å². The molecule has 2 rings (SSSR count). The van der Waals surface area contributed by atoms with Crippen LogP contribution in [0.2, 0.25) is 0 Å². The van der Waals surface area contributed by atoms with Crippen molar-refractivity contribution in [1.29, 1.82) is 0 Å². The van der Waals surface area contributed by atoms with Crippen LogP contribution in [0.1, 0.15) is 5.56 Å². The molecule has 7 heteroatoms. The van der Waals surface area contributed by atoms with Crippen molar-refractivity contribution < 1.29 is 19.5 Å². The Kier molecular flexibility index (Phi) is 4.32. The highest BCUT2D eigenvalue weighted by atomic mass is 16.5. The second-order valence-electron chi connectivity index (χ2n) is 3.81. The average molecular weight is 260 g/mol. The van der Waals surface area contributed by atoms with Gasteiger partial charge in [-0.25, -0.2) is 9.97 Å². The van der Waals surface area contributed by atoms with Gasteiger partial charge in [0, 0.05) is 17.9 Å². The van der Waals surface area contributed by atoms with Gasteiger partial charge in [-0.05, 0) is 17.7 Å². The topological polar surface area (TPSA) is 84.7 Å². The van der Waals surface area contributed by atoms with Gasteiger partial charge in [0.05, 0.1) is 7.11 Å². The number of benzene rings is 1. The molecule has 2 aromatic rings. The minimum atomic E-state index is -1.57. The summed E-state index contributed by atoms with van der Waals surface area (Å²) in [4.78, 5) is 7.74. The van der Waals surface area contributed by atoms with E-state index in [-0.39, 0.29) is 11.5 Å². The van der Waals surface area contributed by atoms with Gasteiger partial charge in [0.2, 0.25) is 0 Å². The monoisotopic (exact) mass is 260 g/mol. The molecule has 1 aromatic heterocycles. The predicted octanol–water partition coefficient (Wildman–Crippen LogP) is -0.256. The van der Waals surface area contributed by atoms with Crippen molar-refractivity contribution in [3.63, 3.8) is 0 Å². The van der Waals surface area contributed by atoms with Gasteiger partial charge in [-0.1, -0.05) is 12.1 Å². The zero-order chi connectivity index (χ0) is 13.7. The highest BCUT2D eigenvalue weighted by Gasteiger charge is 2.11. The molecule has 0 aliphatic rings. The summed E-state index contributed by atoms with van der Waals surface area (Å²) in [6, 6.07) is 7.62. The van der Waals surface area contributed by atoms with Crippen LogP contribution in [0.4, 0.5) is 0 Å². The fourth-order valence-electron chi connectivity index (χ4n) is 1.40. The lowest BCUT2D eigenvalue weighted by molar-refractivity contribution is 0.280. The fourth-order valence-corrected chi connectivity index (χ4v) is 1.40. The number of rotatable bonds is 5. The van der Waals surface area contributed by atoms with Crippen LogP contribution in [0, 0.1) is 0 Å². The second-order valence-corrected chi connectivity index (χ2v) is 3.81. The van der Waals surface area contributed by atoms with E-state index in [9.17, 15) is 0 Å². The minimum Gasteiger partial charge on any atom is -0.497 e. The third-order valence-electron chi connectivity index (χ3n) is 2.47. The molecule has 1 aromatic carbocycles. The molecule has 0 unspecified atom stereocenters. The first-order chi connectivity index (χ1) is 9.19. The standard InChI is InChI=1S/C12H13BN2O4/c1-18-11-4-2-9(3-5-11)8-19-12-14-6-10(7-15-12)13(16)17/h2-7,16-17H,8H2,1H3. The van der Waals surface area contributed by atoms with Crippen LogP contribution >= 0.6 is 0 Å². The smallest absolute Gasteiger partial charge is 0.491 e. The van der Waals surface area contributed by atoms with E-state index in [0.29, 0.717) is 6.61 Å². The highest BCUT2D eigenvalue weighted by Crippen LogP contribution is 2.12. The Balaban J connectivity index is 1.94. The van der Waals surface area contributed by atoms with Crippen LogP contribution in [0.5, 0.6) is 11.8 Å². The molecule has 0 aliphatic carbocycles. The lowest BCUT2D eigenvalue weighted by Crippen LogP contribution is -2.30. The Morgan fingerprint density at radius 1 is 1.11 bits per heavy atom. The molecular weight excluding hydrogens is 247 g/mol. The lowest BCUT2D eigenvalue weighted by Gasteiger charge is -2.06. The van der Waals surface area contributed by atoms with E-state index >= 15 is 0 Å². The summed E-state index contributed by atoms with van der Waals surface area (Å²) in [6.07, 6.45) is 2.61. The van der Waals surface area contributed by atoms with Crippen LogP contribution in [0.15, 0.2) is 36.7 Å². The van der Waals surface area contributed by atoms with Crippen LogP contribution in [-0.4, -0.2) is 34.2 Å². The summed E-state index contributed by atoms with van der Waals surface area (Å²) in [5, 5.41) is 17.8. The molecule has 0 spiro atoms. The maximum absolute atomic E-state index is 8.89. The number of hydrogen-bond acceptors (Lipinski definition) is 6. The highest BCUT2D eigenvalue weighted by molar-refractivity contribution is 6.58. The first-order valence-electron chi connectivity index (χ1n) is 5.63. The van der Waals surface area contributed by atoms with Gasteiger partial charge in [0.15, 0.2) is 0 Å². The first kappa shape index (κ1) is 13.3. The molecule has 98 valence electrons. The molecule has 2 N–H and O–H groups in total. The summed E-state index contributed by atoms with van der Waals surface area (Å²) in [7, 11) is 0.0341. The molecule has 0 fully saturated rings. The van der Waals surface area contributed by atoms with Gasteiger partial charge in [0.1, 0.15) is 12.4 Å². The summed E-state index contributed by atoms with van der Waals surface area (Å²) in [6.45, 7) is 0.324. The van der Waals surface area contributed by atoms with Crippen LogP contribution < -0.4 is 14.9 Å². The summed E-state index contributed by atoms with van der Waals surface area (Å²) in [5.74, 6) is 0.779. The van der Waals surface area contributed by atoms with E-state index < -0.39 is 7.12 Å². The summed E-state index contributed by atoms with van der Waals surface area (Å²) < 4.78 is 10.4. The molecule has 0 amide bonds. The summed E-state index contributed by atoms with van der Waals surface area (Å²) in [5.41, 5.74) is 1.17. The fraction of sp³-hybridized carbons (Fsp3) is 0.167. The van der Waals surface area contributed by atoms with E-state index in [4.69, 9.17) is 19.5 Å². The lowest BCUT2D eigenvalue weighted by atomic mass is 9.83. The number of ether oxygens (including phenoxy) is 2. The Morgan fingerprint density at radius 2 is 1.74 bits per heavy atom. The molecule has 0 atom stereocenters. The molecule has 0 saturated carbocycles. The van der Waals surface area contributed by atoms with Crippen LogP contribution in [-0.2, 0) is 6.61 Å². The SMILES string of the molecule is COc1ccc(COc2ncc(B(O)O)cn2)cc1. The van der Waals surface area contributed by atoms with Crippen molar-refractivity contribution >= 4 is 12.6 Å². The van der Waals surface area contributed by atoms with Gasteiger partial charge < -0.3 is 19.5 Å². The van der Waals surface area contributed by atoms with Crippen LogP contribution in [0.25, 0.3) is 0 Å². The molecule has 19 heavy (non-hydrogen) atoms. The van der Waals surface area contributed by atoms with E-state index in [0.717, 1.165) is 11.3 Å². The number of nitrogens with zero attached hydrogens (tertiary/aromatic N) is 2. The van der Waals surface area contributed by atoms with Crippen molar-refractivity contribution in [2.45, 2.75) is 6.61 Å². The van der Waals surface area contributed by atoms with E-state index in [2.05, 4.69) is 9.97 Å². The zero-order valence-corrected chi connectivity index (χ0v) is 10.4. The van der Waals surface area contributed by atoms with Crippen LogP contribution in [0.3, 0.4) is 0 Å². The third-order valence-corrected chi connectivity index (χ3v) is 2.47. The van der Waals surface area contributed by atoms with E-state index in [1.165, 1.54) is 12.4 Å². The second kappa shape index (κ2) is 6.17. The third kappa shape index (κ3) is 3.67. The molecule has 0 saturated heterocycles. The van der Waals surface area contributed by atoms with Crippen molar-refractivity contribution in [1.82, 2.24) is 9.97 Å². The largest absolute Gasteiger partial charge is 0.497 e. The van der Waals surface area contributed by atoms with Gasteiger partial charge in [-0.15, -0.1) is 0 Å². The van der Waals surface area contributed by atoms with Crippen molar-refractivity contribution in [3.8, 4) is 11.8 Å². The van der Waals surface area contributed by atoms with Crippen molar-refractivity contribution in [2.24, 2.45) is 0 Å². The molecule has 0 aliphatic heterocycles. The Bertz CT molecular complexity index is 516. The van der Waals surface area contributed by atoms with E-state index in [1.807, 2.05) is 24.3 Å². The maximum atomic E-state index is 8.89. The zero-order valence-electron chi connectivity index (χ0n) is 10.4. The van der Waals surface area contributed by atoms with E-state index in [1.54, 1.807) is 7.11 Å². The Labute approximate surface area is 110 Å². The molecule has 1 heterocycles. The normalized spacial score (nSPS) is 10.1. The molecule has 0 radical (unpaired) electrons. The number of hydrogen-bond donors (Lipinski definition) is 2. The maximum Gasteiger partial charge on any atom is 0.491 e. The number of aromatic nitrogens is 2. The Hall–Kier alpha value is -2.12. The molecule has 6 nitrogen and oxygen atoms in total.